The number of rotatable bonds is 2. The normalized spacial score (nSPS) is 29.5. The highest BCUT2D eigenvalue weighted by Gasteiger charge is 2.43. The fourth-order valence-electron chi connectivity index (χ4n) is 1.76. The molecule has 2 rings (SSSR count). The Bertz CT molecular complexity index is 467. The van der Waals surface area contributed by atoms with Crippen molar-refractivity contribution in [1.29, 1.82) is 0 Å². The van der Waals surface area contributed by atoms with Crippen LogP contribution in [0.1, 0.15) is 25.1 Å². The minimum atomic E-state index is -2.96. The summed E-state index contributed by atoms with van der Waals surface area (Å²) in [5.41, 5.74) is 4.81. The predicted molar refractivity (Wildman–Crippen MR) is 52.8 cm³/mol. The van der Waals surface area contributed by atoms with Crippen LogP contribution in [0.2, 0.25) is 0 Å². The molecule has 1 aromatic rings. The summed E-state index contributed by atoms with van der Waals surface area (Å²) in [6, 6.07) is 0. The molecular weight excluding hydrogens is 218 g/mol. The number of aromatic nitrogens is 2. The van der Waals surface area contributed by atoms with Crippen molar-refractivity contribution in [2.24, 2.45) is 5.73 Å². The van der Waals surface area contributed by atoms with Gasteiger partial charge in [0.15, 0.2) is 15.7 Å². The molecule has 84 valence electrons. The third-order valence-corrected chi connectivity index (χ3v) is 4.57. The first-order valence-corrected chi connectivity index (χ1v) is 6.51. The Kier molecular flexibility index (Phi) is 2.31. The van der Waals surface area contributed by atoms with Crippen molar-refractivity contribution in [2.45, 2.75) is 25.3 Å². The summed E-state index contributed by atoms with van der Waals surface area (Å²) in [5.74, 6) is 1.05. The summed E-state index contributed by atoms with van der Waals surface area (Å²) in [5, 5.41) is 3.67. The molecule has 2 heterocycles. The number of sulfone groups is 1. The van der Waals surface area contributed by atoms with Gasteiger partial charge in [-0.1, -0.05) is 5.16 Å². The van der Waals surface area contributed by atoms with Crippen LogP contribution >= 0.6 is 0 Å². The van der Waals surface area contributed by atoms with Crippen molar-refractivity contribution in [3.63, 3.8) is 0 Å². The Hall–Kier alpha value is -0.950. The van der Waals surface area contributed by atoms with Crippen LogP contribution in [-0.4, -0.2) is 30.1 Å². The molecule has 0 spiro atoms. The van der Waals surface area contributed by atoms with Gasteiger partial charge < -0.3 is 10.3 Å². The van der Waals surface area contributed by atoms with Gasteiger partial charge in [0, 0.05) is 0 Å². The first-order chi connectivity index (χ1) is 6.95. The lowest BCUT2D eigenvalue weighted by atomic mass is 9.90. The van der Waals surface area contributed by atoms with Gasteiger partial charge in [-0.25, -0.2) is 8.42 Å². The summed E-state index contributed by atoms with van der Waals surface area (Å²) >= 11 is 0. The van der Waals surface area contributed by atoms with E-state index in [0.29, 0.717) is 18.1 Å². The van der Waals surface area contributed by atoms with E-state index >= 15 is 0 Å². The van der Waals surface area contributed by atoms with Crippen molar-refractivity contribution >= 4 is 9.84 Å². The SMILES string of the molecule is CC1(c2nc(CN)no2)CCS(=O)(=O)C1. The van der Waals surface area contributed by atoms with Crippen molar-refractivity contribution in [3.05, 3.63) is 11.7 Å². The quantitative estimate of drug-likeness (QED) is 0.743. The van der Waals surface area contributed by atoms with Gasteiger partial charge in [0.1, 0.15) is 0 Å². The fraction of sp³-hybridized carbons (Fsp3) is 0.750. The van der Waals surface area contributed by atoms with Crippen LogP contribution in [0.15, 0.2) is 4.52 Å². The first kappa shape index (κ1) is 10.6. The van der Waals surface area contributed by atoms with Crippen LogP contribution in [0.5, 0.6) is 0 Å². The maximum absolute atomic E-state index is 11.4. The van der Waals surface area contributed by atoms with Crippen LogP contribution in [0.4, 0.5) is 0 Å². The van der Waals surface area contributed by atoms with Gasteiger partial charge in [0.05, 0.1) is 23.5 Å². The average molecular weight is 231 g/mol. The molecule has 1 aromatic heterocycles. The number of nitrogens with two attached hydrogens (primary N) is 1. The van der Waals surface area contributed by atoms with Gasteiger partial charge >= 0.3 is 0 Å². The van der Waals surface area contributed by atoms with Gasteiger partial charge in [-0.2, -0.15) is 4.98 Å². The molecule has 0 aromatic carbocycles. The Morgan fingerprint density at radius 2 is 2.33 bits per heavy atom. The van der Waals surface area contributed by atoms with Crippen LogP contribution in [0, 0.1) is 0 Å². The lowest BCUT2D eigenvalue weighted by Crippen LogP contribution is -2.23. The minimum Gasteiger partial charge on any atom is -0.339 e. The van der Waals surface area contributed by atoms with E-state index in [2.05, 4.69) is 10.1 Å². The summed E-state index contributed by atoms with van der Waals surface area (Å²) in [7, 11) is -2.96. The molecule has 6 nitrogen and oxygen atoms in total. The van der Waals surface area contributed by atoms with Crippen LogP contribution in [0.3, 0.4) is 0 Å². The highest BCUT2D eigenvalue weighted by atomic mass is 32.2. The van der Waals surface area contributed by atoms with Crippen molar-refractivity contribution < 1.29 is 12.9 Å². The van der Waals surface area contributed by atoms with E-state index in [-0.39, 0.29) is 18.1 Å². The molecule has 0 aliphatic carbocycles. The Labute approximate surface area is 87.8 Å². The molecule has 2 N–H and O–H groups in total. The second-order valence-corrected chi connectivity index (χ2v) is 6.31. The first-order valence-electron chi connectivity index (χ1n) is 4.69. The number of hydrogen-bond donors (Lipinski definition) is 1. The zero-order chi connectivity index (χ0) is 11.1. The Morgan fingerprint density at radius 1 is 1.60 bits per heavy atom. The summed E-state index contributed by atoms with van der Waals surface area (Å²) in [6.45, 7) is 2.03. The molecule has 1 fully saturated rings. The van der Waals surface area contributed by atoms with Crippen molar-refractivity contribution in [1.82, 2.24) is 10.1 Å². The van der Waals surface area contributed by atoms with E-state index in [9.17, 15) is 8.42 Å². The number of hydrogen-bond acceptors (Lipinski definition) is 6. The molecule has 0 saturated carbocycles. The monoisotopic (exact) mass is 231 g/mol. The second kappa shape index (κ2) is 3.28. The van der Waals surface area contributed by atoms with Crippen molar-refractivity contribution in [2.75, 3.05) is 11.5 Å². The third kappa shape index (κ3) is 1.89. The Morgan fingerprint density at radius 3 is 2.80 bits per heavy atom. The summed E-state index contributed by atoms with van der Waals surface area (Å²) < 4.78 is 27.8. The lowest BCUT2D eigenvalue weighted by Gasteiger charge is -2.15. The molecule has 1 atom stereocenters. The number of nitrogens with zero attached hydrogens (tertiary/aromatic N) is 2. The van der Waals surface area contributed by atoms with E-state index in [4.69, 9.17) is 10.3 Å². The molecule has 15 heavy (non-hydrogen) atoms. The van der Waals surface area contributed by atoms with Crippen LogP contribution < -0.4 is 5.73 Å². The standard InChI is InChI=1S/C8H13N3O3S/c1-8(2-3-15(12,13)5-8)7-10-6(4-9)11-14-7/h2-5,9H2,1H3. The van der Waals surface area contributed by atoms with E-state index < -0.39 is 15.3 Å². The second-order valence-electron chi connectivity index (χ2n) is 4.12. The molecule has 1 aliphatic heterocycles. The van der Waals surface area contributed by atoms with Gasteiger partial charge in [-0.05, 0) is 13.3 Å². The largest absolute Gasteiger partial charge is 0.339 e. The zero-order valence-electron chi connectivity index (χ0n) is 8.43. The smallest absolute Gasteiger partial charge is 0.233 e. The molecule has 0 radical (unpaired) electrons. The van der Waals surface area contributed by atoms with Crippen molar-refractivity contribution in [3.8, 4) is 0 Å². The van der Waals surface area contributed by atoms with Crippen LogP contribution in [0.25, 0.3) is 0 Å². The highest BCUT2D eigenvalue weighted by molar-refractivity contribution is 7.91. The van der Waals surface area contributed by atoms with Gasteiger partial charge in [0.25, 0.3) is 0 Å². The molecule has 1 aliphatic rings. The average Bonchev–Trinajstić information content (AvgIpc) is 2.71. The topological polar surface area (TPSA) is 99.1 Å². The van der Waals surface area contributed by atoms with Gasteiger partial charge in [0.2, 0.25) is 5.89 Å². The van der Waals surface area contributed by atoms with Crippen LogP contribution in [-0.2, 0) is 21.8 Å². The van der Waals surface area contributed by atoms with Gasteiger partial charge in [-0.3, -0.25) is 0 Å². The minimum absolute atomic E-state index is 0.0756. The molecule has 7 heteroatoms. The zero-order valence-corrected chi connectivity index (χ0v) is 9.25. The third-order valence-electron chi connectivity index (χ3n) is 2.67. The van der Waals surface area contributed by atoms with E-state index in [0.717, 1.165) is 0 Å². The molecule has 0 amide bonds. The molecule has 1 saturated heterocycles. The maximum Gasteiger partial charge on any atom is 0.233 e. The molecule has 0 bridgehead atoms. The van der Waals surface area contributed by atoms with E-state index in [1.807, 2.05) is 6.92 Å². The molecule has 1 unspecified atom stereocenters. The van der Waals surface area contributed by atoms with Gasteiger partial charge in [-0.15, -0.1) is 0 Å². The maximum atomic E-state index is 11.4. The lowest BCUT2D eigenvalue weighted by molar-refractivity contribution is 0.308. The van der Waals surface area contributed by atoms with E-state index in [1.54, 1.807) is 0 Å². The summed E-state index contributed by atoms with van der Waals surface area (Å²) in [4.78, 5) is 4.08. The summed E-state index contributed by atoms with van der Waals surface area (Å²) in [6.07, 6.45) is 0.529. The highest BCUT2D eigenvalue weighted by Crippen LogP contribution is 2.34. The predicted octanol–water partition coefficient (Wildman–Crippen LogP) is -0.395. The fourth-order valence-corrected chi connectivity index (χ4v) is 3.91. The van der Waals surface area contributed by atoms with E-state index in [1.165, 1.54) is 0 Å². The Balaban J connectivity index is 2.31. The molecular formula is C8H13N3O3S.